The Hall–Kier alpha value is -1.79. The summed E-state index contributed by atoms with van der Waals surface area (Å²) in [5.74, 6) is 1.50. The van der Waals surface area contributed by atoms with E-state index in [1.165, 1.54) is 4.88 Å². The Labute approximate surface area is 131 Å². The SMILES string of the molecule is CCc1cc2c(NCc3ccnc(C)n3)nc(Cl)nc2s1. The largest absolute Gasteiger partial charge is 0.364 e. The van der Waals surface area contributed by atoms with Gasteiger partial charge in [0.05, 0.1) is 17.6 Å². The molecule has 0 fully saturated rings. The lowest BCUT2D eigenvalue weighted by molar-refractivity contribution is 0.950. The molecule has 3 heterocycles. The van der Waals surface area contributed by atoms with Crippen LogP contribution < -0.4 is 5.32 Å². The molecule has 1 N–H and O–H groups in total. The van der Waals surface area contributed by atoms with Crippen molar-refractivity contribution in [3.8, 4) is 0 Å². The van der Waals surface area contributed by atoms with Crippen LogP contribution in [0.3, 0.4) is 0 Å². The van der Waals surface area contributed by atoms with Gasteiger partial charge in [-0.3, -0.25) is 0 Å². The molecule has 0 aliphatic carbocycles. The van der Waals surface area contributed by atoms with Gasteiger partial charge in [0.25, 0.3) is 0 Å². The highest BCUT2D eigenvalue weighted by Crippen LogP contribution is 2.30. The zero-order chi connectivity index (χ0) is 14.8. The van der Waals surface area contributed by atoms with E-state index in [0.717, 1.165) is 34.0 Å². The van der Waals surface area contributed by atoms with Gasteiger partial charge in [-0.2, -0.15) is 0 Å². The molecule has 3 aromatic heterocycles. The Balaban J connectivity index is 1.90. The van der Waals surface area contributed by atoms with Gasteiger partial charge in [-0.25, -0.2) is 19.9 Å². The number of aromatic nitrogens is 4. The Morgan fingerprint density at radius 1 is 1.29 bits per heavy atom. The highest BCUT2D eigenvalue weighted by atomic mass is 35.5. The second kappa shape index (κ2) is 5.91. The number of anilines is 1. The summed E-state index contributed by atoms with van der Waals surface area (Å²) in [5.41, 5.74) is 0.913. The van der Waals surface area contributed by atoms with Crippen LogP contribution in [0.1, 0.15) is 23.3 Å². The number of hydrogen-bond acceptors (Lipinski definition) is 6. The molecule has 0 aliphatic heterocycles. The minimum atomic E-state index is 0.258. The van der Waals surface area contributed by atoms with Crippen LogP contribution in [0.5, 0.6) is 0 Å². The fourth-order valence-corrected chi connectivity index (χ4v) is 3.22. The molecule has 0 aromatic carbocycles. The normalized spacial score (nSPS) is 11.0. The lowest BCUT2D eigenvalue weighted by Crippen LogP contribution is -2.05. The molecule has 5 nitrogen and oxygen atoms in total. The van der Waals surface area contributed by atoms with Crippen LogP contribution in [0, 0.1) is 6.92 Å². The van der Waals surface area contributed by atoms with Crippen molar-refractivity contribution >= 4 is 39.0 Å². The summed E-state index contributed by atoms with van der Waals surface area (Å²) < 4.78 is 0. The number of rotatable bonds is 4. The molecule has 108 valence electrons. The van der Waals surface area contributed by atoms with Crippen LogP contribution in [-0.2, 0) is 13.0 Å². The summed E-state index contributed by atoms with van der Waals surface area (Å²) in [6.07, 6.45) is 2.73. The summed E-state index contributed by atoms with van der Waals surface area (Å²) in [4.78, 5) is 19.2. The highest BCUT2D eigenvalue weighted by Gasteiger charge is 2.10. The molecule has 0 bridgehead atoms. The van der Waals surface area contributed by atoms with Gasteiger partial charge in [0.1, 0.15) is 16.5 Å². The molecular formula is C14H14ClN5S. The molecule has 7 heteroatoms. The maximum atomic E-state index is 6.00. The molecule has 0 saturated carbocycles. The number of nitrogens with zero attached hydrogens (tertiary/aromatic N) is 4. The predicted octanol–water partition coefficient (Wildman–Crippen LogP) is 3.62. The quantitative estimate of drug-likeness (QED) is 0.744. The lowest BCUT2D eigenvalue weighted by atomic mass is 10.3. The Morgan fingerprint density at radius 2 is 2.14 bits per heavy atom. The third kappa shape index (κ3) is 3.11. The van der Waals surface area contributed by atoms with E-state index >= 15 is 0 Å². The van der Waals surface area contributed by atoms with Crippen molar-refractivity contribution in [3.05, 3.63) is 40.0 Å². The molecule has 0 unspecified atom stereocenters. The van der Waals surface area contributed by atoms with Gasteiger partial charge in [-0.1, -0.05) is 6.92 Å². The Bertz CT molecular complexity index is 786. The van der Waals surface area contributed by atoms with Crippen molar-refractivity contribution < 1.29 is 0 Å². The van der Waals surface area contributed by atoms with Crippen LogP contribution in [0.2, 0.25) is 5.28 Å². The topological polar surface area (TPSA) is 63.6 Å². The van der Waals surface area contributed by atoms with E-state index in [1.807, 2.05) is 13.0 Å². The number of hydrogen-bond donors (Lipinski definition) is 1. The number of fused-ring (bicyclic) bond motifs is 1. The van der Waals surface area contributed by atoms with E-state index in [-0.39, 0.29) is 5.28 Å². The maximum Gasteiger partial charge on any atom is 0.225 e. The van der Waals surface area contributed by atoms with Crippen LogP contribution in [-0.4, -0.2) is 19.9 Å². The fourth-order valence-electron chi connectivity index (χ4n) is 2.03. The van der Waals surface area contributed by atoms with Crippen molar-refractivity contribution in [2.45, 2.75) is 26.8 Å². The van der Waals surface area contributed by atoms with E-state index in [9.17, 15) is 0 Å². The van der Waals surface area contributed by atoms with Crippen molar-refractivity contribution in [3.63, 3.8) is 0 Å². The van der Waals surface area contributed by atoms with Crippen molar-refractivity contribution in [1.82, 2.24) is 19.9 Å². The zero-order valence-electron chi connectivity index (χ0n) is 11.7. The summed E-state index contributed by atoms with van der Waals surface area (Å²) in [6, 6.07) is 4.00. The molecule has 0 radical (unpaired) electrons. The third-order valence-corrected chi connectivity index (χ3v) is 4.38. The second-order valence-corrected chi connectivity index (χ2v) is 6.03. The van der Waals surface area contributed by atoms with Crippen LogP contribution in [0.4, 0.5) is 5.82 Å². The first-order chi connectivity index (χ1) is 10.2. The number of aryl methyl sites for hydroxylation is 2. The van der Waals surface area contributed by atoms with Crippen LogP contribution in [0.15, 0.2) is 18.3 Å². The van der Waals surface area contributed by atoms with Gasteiger partial charge in [-0.15, -0.1) is 11.3 Å². The van der Waals surface area contributed by atoms with E-state index in [1.54, 1.807) is 17.5 Å². The number of thiophene rings is 1. The summed E-state index contributed by atoms with van der Waals surface area (Å²) in [6.45, 7) is 4.56. The minimum absolute atomic E-state index is 0.258. The standard InChI is InChI=1S/C14H14ClN5S/c1-3-10-6-11-12(19-14(15)20-13(11)21-10)17-7-9-4-5-16-8(2)18-9/h4-6H,3,7H2,1-2H3,(H,17,19,20). The summed E-state index contributed by atoms with van der Waals surface area (Å²) in [5, 5.41) is 4.55. The molecular weight excluding hydrogens is 306 g/mol. The van der Waals surface area contributed by atoms with Crippen molar-refractivity contribution in [2.75, 3.05) is 5.32 Å². The van der Waals surface area contributed by atoms with Crippen molar-refractivity contribution in [1.29, 1.82) is 0 Å². The van der Waals surface area contributed by atoms with E-state index in [2.05, 4.69) is 38.2 Å². The van der Waals surface area contributed by atoms with E-state index < -0.39 is 0 Å². The average molecular weight is 320 g/mol. The van der Waals surface area contributed by atoms with Gasteiger partial charge >= 0.3 is 0 Å². The molecule has 0 saturated heterocycles. The molecule has 3 rings (SSSR count). The molecule has 3 aromatic rings. The molecule has 0 amide bonds. The first-order valence-corrected chi connectivity index (χ1v) is 7.83. The molecule has 0 aliphatic rings. The molecule has 0 atom stereocenters. The van der Waals surface area contributed by atoms with E-state index in [4.69, 9.17) is 11.6 Å². The first kappa shape index (κ1) is 14.2. The van der Waals surface area contributed by atoms with Crippen molar-refractivity contribution in [2.24, 2.45) is 0 Å². The zero-order valence-corrected chi connectivity index (χ0v) is 13.3. The van der Waals surface area contributed by atoms with Gasteiger partial charge in [-0.05, 0) is 37.1 Å². The van der Waals surface area contributed by atoms with Crippen LogP contribution in [0.25, 0.3) is 10.2 Å². The Kier molecular flexibility index (Phi) is 3.98. The molecule has 0 spiro atoms. The monoisotopic (exact) mass is 319 g/mol. The second-order valence-electron chi connectivity index (χ2n) is 4.58. The highest BCUT2D eigenvalue weighted by molar-refractivity contribution is 7.18. The lowest BCUT2D eigenvalue weighted by Gasteiger charge is -2.06. The van der Waals surface area contributed by atoms with Gasteiger partial charge < -0.3 is 5.32 Å². The number of halogens is 1. The van der Waals surface area contributed by atoms with Gasteiger partial charge in [0, 0.05) is 11.1 Å². The smallest absolute Gasteiger partial charge is 0.225 e. The summed E-state index contributed by atoms with van der Waals surface area (Å²) >= 11 is 7.65. The van der Waals surface area contributed by atoms with Gasteiger partial charge in [0.15, 0.2) is 0 Å². The van der Waals surface area contributed by atoms with E-state index in [0.29, 0.717) is 6.54 Å². The maximum absolute atomic E-state index is 6.00. The number of nitrogens with one attached hydrogen (secondary N) is 1. The summed E-state index contributed by atoms with van der Waals surface area (Å²) in [7, 11) is 0. The third-order valence-electron chi connectivity index (χ3n) is 3.04. The molecule has 21 heavy (non-hydrogen) atoms. The van der Waals surface area contributed by atoms with Gasteiger partial charge in [0.2, 0.25) is 5.28 Å². The Morgan fingerprint density at radius 3 is 2.90 bits per heavy atom. The average Bonchev–Trinajstić information content (AvgIpc) is 2.87. The minimum Gasteiger partial charge on any atom is -0.364 e. The fraction of sp³-hybridized carbons (Fsp3) is 0.286. The van der Waals surface area contributed by atoms with Crippen LogP contribution >= 0.6 is 22.9 Å². The predicted molar refractivity (Wildman–Crippen MR) is 85.9 cm³/mol. The first-order valence-electron chi connectivity index (χ1n) is 6.64.